The average molecular weight is 339 g/mol. The van der Waals surface area contributed by atoms with Gasteiger partial charge in [-0.2, -0.15) is 0 Å². The third kappa shape index (κ3) is 3.02. The van der Waals surface area contributed by atoms with Gasteiger partial charge in [-0.05, 0) is 29.9 Å². The van der Waals surface area contributed by atoms with Crippen molar-refractivity contribution in [3.8, 4) is 0 Å². The Bertz CT molecular complexity index is 879. The third-order valence-corrected chi connectivity index (χ3v) is 4.99. The van der Waals surface area contributed by atoms with Crippen LogP contribution < -0.4 is 0 Å². The summed E-state index contributed by atoms with van der Waals surface area (Å²) in [4.78, 5) is 2.40. The summed E-state index contributed by atoms with van der Waals surface area (Å²) in [5, 5.41) is 0. The van der Waals surface area contributed by atoms with Crippen LogP contribution in [0.5, 0.6) is 0 Å². The first-order valence-corrected chi connectivity index (χ1v) is 8.76. The Morgan fingerprint density at radius 3 is 2.17 bits per heavy atom. The molecule has 5 heteroatoms. The van der Waals surface area contributed by atoms with Crippen molar-refractivity contribution in [2.75, 3.05) is 26.3 Å². The molecule has 0 saturated carbocycles. The minimum Gasteiger partial charge on any atom is -0.379 e. The van der Waals surface area contributed by atoms with Gasteiger partial charge in [0.25, 0.3) is 0 Å². The molecular weight excluding hydrogens is 318 g/mol. The maximum Gasteiger partial charge on any atom is 0.182 e. The standard InChI is InChI=1S/C19H21N3OS/c24-19-21(14-16-6-2-1-3-7-16)17-8-4-5-9-18(17)22(19)15-20-10-12-23-13-11-20/h1-9H,10-15H2. The molecule has 2 heterocycles. The van der Waals surface area contributed by atoms with Crippen LogP contribution in [0.25, 0.3) is 11.0 Å². The molecule has 1 aliphatic rings. The van der Waals surface area contributed by atoms with E-state index in [0.29, 0.717) is 0 Å². The van der Waals surface area contributed by atoms with Crippen LogP contribution in [0.1, 0.15) is 5.56 Å². The van der Waals surface area contributed by atoms with Gasteiger partial charge in [-0.1, -0.05) is 42.5 Å². The first kappa shape index (κ1) is 15.6. The summed E-state index contributed by atoms with van der Waals surface area (Å²) in [5.74, 6) is 0. The van der Waals surface area contributed by atoms with Crippen molar-refractivity contribution in [2.45, 2.75) is 13.2 Å². The molecule has 1 aromatic heterocycles. The molecule has 24 heavy (non-hydrogen) atoms. The highest BCUT2D eigenvalue weighted by Gasteiger charge is 2.15. The van der Waals surface area contributed by atoms with Gasteiger partial charge in [0.1, 0.15) is 0 Å². The molecule has 0 N–H and O–H groups in total. The van der Waals surface area contributed by atoms with Crippen molar-refractivity contribution in [1.29, 1.82) is 0 Å². The van der Waals surface area contributed by atoms with E-state index in [0.717, 1.165) is 44.3 Å². The molecular formula is C19H21N3OS. The molecule has 1 fully saturated rings. The van der Waals surface area contributed by atoms with E-state index in [1.165, 1.54) is 16.6 Å². The number of ether oxygens (including phenoxy) is 1. The molecule has 2 aromatic carbocycles. The van der Waals surface area contributed by atoms with E-state index in [2.05, 4.69) is 62.6 Å². The number of imidazole rings is 1. The fraction of sp³-hybridized carbons (Fsp3) is 0.316. The summed E-state index contributed by atoms with van der Waals surface area (Å²) >= 11 is 5.83. The van der Waals surface area contributed by atoms with Crippen LogP contribution in [0.3, 0.4) is 0 Å². The quantitative estimate of drug-likeness (QED) is 0.679. The van der Waals surface area contributed by atoms with Crippen molar-refractivity contribution in [3.05, 3.63) is 64.9 Å². The second-order valence-electron chi connectivity index (χ2n) is 6.14. The number of rotatable bonds is 4. The largest absolute Gasteiger partial charge is 0.379 e. The number of fused-ring (bicyclic) bond motifs is 1. The van der Waals surface area contributed by atoms with Gasteiger partial charge in [-0.15, -0.1) is 0 Å². The normalized spacial score (nSPS) is 15.8. The highest BCUT2D eigenvalue weighted by Crippen LogP contribution is 2.20. The van der Waals surface area contributed by atoms with Crippen LogP contribution in [0.2, 0.25) is 0 Å². The minimum atomic E-state index is 0.802. The van der Waals surface area contributed by atoms with E-state index in [-0.39, 0.29) is 0 Å². The lowest BCUT2D eigenvalue weighted by molar-refractivity contribution is 0.0238. The first-order valence-electron chi connectivity index (χ1n) is 8.35. The van der Waals surface area contributed by atoms with Gasteiger partial charge in [0.05, 0.1) is 37.5 Å². The van der Waals surface area contributed by atoms with Crippen molar-refractivity contribution in [3.63, 3.8) is 0 Å². The fourth-order valence-corrected chi connectivity index (χ4v) is 3.59. The lowest BCUT2D eigenvalue weighted by atomic mass is 10.2. The van der Waals surface area contributed by atoms with E-state index in [1.807, 2.05) is 6.07 Å². The molecule has 0 amide bonds. The summed E-state index contributed by atoms with van der Waals surface area (Å²) in [5.41, 5.74) is 3.66. The monoisotopic (exact) mass is 339 g/mol. The highest BCUT2D eigenvalue weighted by molar-refractivity contribution is 7.71. The van der Waals surface area contributed by atoms with Crippen LogP contribution in [0, 0.1) is 4.77 Å². The van der Waals surface area contributed by atoms with Gasteiger partial charge in [-0.3, -0.25) is 4.90 Å². The number of morpholine rings is 1. The van der Waals surface area contributed by atoms with E-state index in [1.54, 1.807) is 0 Å². The zero-order valence-electron chi connectivity index (χ0n) is 13.6. The zero-order chi connectivity index (χ0) is 16.4. The van der Waals surface area contributed by atoms with Gasteiger partial charge < -0.3 is 13.9 Å². The summed E-state index contributed by atoms with van der Waals surface area (Å²) in [6.07, 6.45) is 0. The molecule has 1 aliphatic heterocycles. The van der Waals surface area contributed by atoms with Gasteiger partial charge in [-0.25, -0.2) is 0 Å². The fourth-order valence-electron chi connectivity index (χ4n) is 3.27. The molecule has 0 radical (unpaired) electrons. The Balaban J connectivity index is 1.74. The molecule has 0 bridgehead atoms. The van der Waals surface area contributed by atoms with Crippen molar-refractivity contribution in [1.82, 2.24) is 14.0 Å². The third-order valence-electron chi connectivity index (χ3n) is 4.55. The summed E-state index contributed by atoms with van der Waals surface area (Å²) in [6.45, 7) is 5.15. The predicted octanol–water partition coefficient (Wildman–Crippen LogP) is 3.51. The molecule has 0 atom stereocenters. The first-order chi connectivity index (χ1) is 11.8. The Morgan fingerprint density at radius 2 is 1.46 bits per heavy atom. The van der Waals surface area contributed by atoms with Gasteiger partial charge in [0.15, 0.2) is 4.77 Å². The Morgan fingerprint density at radius 1 is 0.833 bits per heavy atom. The lowest BCUT2D eigenvalue weighted by Crippen LogP contribution is -2.37. The predicted molar refractivity (Wildman–Crippen MR) is 98.7 cm³/mol. The highest BCUT2D eigenvalue weighted by atomic mass is 32.1. The van der Waals surface area contributed by atoms with Gasteiger partial charge in [0, 0.05) is 13.1 Å². The molecule has 1 saturated heterocycles. The maximum atomic E-state index is 5.83. The SMILES string of the molecule is S=c1n(Cc2ccccc2)c2ccccc2n1CN1CCOCC1. The minimum absolute atomic E-state index is 0.802. The van der Waals surface area contributed by atoms with Crippen LogP contribution >= 0.6 is 12.2 Å². The maximum absolute atomic E-state index is 5.83. The van der Waals surface area contributed by atoms with Gasteiger partial charge >= 0.3 is 0 Å². The molecule has 0 aliphatic carbocycles. The average Bonchev–Trinajstić information content (AvgIpc) is 2.90. The molecule has 3 aromatic rings. The second kappa shape index (κ2) is 6.89. The number of nitrogens with zero attached hydrogens (tertiary/aromatic N) is 3. The lowest BCUT2D eigenvalue weighted by Gasteiger charge is -2.27. The summed E-state index contributed by atoms with van der Waals surface area (Å²) in [6, 6.07) is 19.0. The number of para-hydroxylation sites is 2. The molecule has 4 rings (SSSR count). The zero-order valence-corrected chi connectivity index (χ0v) is 14.4. The van der Waals surface area contributed by atoms with Crippen molar-refractivity contribution >= 4 is 23.3 Å². The number of hydrogen-bond donors (Lipinski definition) is 0. The van der Waals surface area contributed by atoms with Crippen molar-refractivity contribution < 1.29 is 4.74 Å². The summed E-state index contributed by atoms with van der Waals surface area (Å²) < 4.78 is 10.8. The number of benzene rings is 2. The molecule has 0 unspecified atom stereocenters. The van der Waals surface area contributed by atoms with Crippen LogP contribution in [-0.4, -0.2) is 40.3 Å². The smallest absolute Gasteiger partial charge is 0.182 e. The number of aromatic nitrogens is 2. The molecule has 4 nitrogen and oxygen atoms in total. The van der Waals surface area contributed by atoms with E-state index < -0.39 is 0 Å². The van der Waals surface area contributed by atoms with Crippen molar-refractivity contribution in [2.24, 2.45) is 0 Å². The topological polar surface area (TPSA) is 22.3 Å². The van der Waals surface area contributed by atoms with E-state index in [4.69, 9.17) is 17.0 Å². The summed E-state index contributed by atoms with van der Waals surface area (Å²) in [7, 11) is 0. The Kier molecular flexibility index (Phi) is 4.47. The molecule has 124 valence electrons. The van der Waals surface area contributed by atoms with Gasteiger partial charge in [0.2, 0.25) is 0 Å². The Labute approximate surface area is 146 Å². The second-order valence-corrected chi connectivity index (χ2v) is 6.51. The molecule has 0 spiro atoms. The van der Waals surface area contributed by atoms with Crippen LogP contribution in [0.4, 0.5) is 0 Å². The number of hydrogen-bond acceptors (Lipinski definition) is 3. The van der Waals surface area contributed by atoms with Crippen LogP contribution in [-0.2, 0) is 18.0 Å². The van der Waals surface area contributed by atoms with E-state index in [9.17, 15) is 0 Å². The van der Waals surface area contributed by atoms with E-state index >= 15 is 0 Å². The van der Waals surface area contributed by atoms with Crippen LogP contribution in [0.15, 0.2) is 54.6 Å². The Hall–Kier alpha value is -1.95.